The Bertz CT molecular complexity index is 1570. The van der Waals surface area contributed by atoms with Gasteiger partial charge in [-0.2, -0.15) is 26.3 Å². The van der Waals surface area contributed by atoms with Crippen LogP contribution >= 0.6 is 0 Å². The molecule has 0 aliphatic carbocycles. The van der Waals surface area contributed by atoms with Crippen LogP contribution in [0.3, 0.4) is 0 Å². The number of nitrogens with one attached hydrogen (secondary N) is 1. The second-order valence-corrected chi connectivity index (χ2v) is 8.98. The molecule has 1 aliphatic heterocycles. The van der Waals surface area contributed by atoms with E-state index in [1.165, 1.54) is 42.5 Å². The maximum atomic E-state index is 13.5. The van der Waals surface area contributed by atoms with E-state index in [1.54, 1.807) is 0 Å². The number of hydrogen-bond acceptors (Lipinski definition) is 7. The second-order valence-electron chi connectivity index (χ2n) is 8.98. The van der Waals surface area contributed by atoms with Crippen molar-refractivity contribution in [3.63, 3.8) is 0 Å². The van der Waals surface area contributed by atoms with Gasteiger partial charge in [0.15, 0.2) is 0 Å². The van der Waals surface area contributed by atoms with Crippen LogP contribution in [0, 0.1) is 0 Å². The number of carboxylic acids is 1. The van der Waals surface area contributed by atoms with Crippen molar-refractivity contribution in [2.24, 2.45) is 5.73 Å². The van der Waals surface area contributed by atoms with E-state index in [0.29, 0.717) is 0 Å². The number of H-pyrrole nitrogens is 1. The standard InChI is InChI=1S/C25H19F6N3O7/c26-24(27,28)16-4-2-1-3-14(16)17-7-11-5-6-12(8-15(11)20(35)33-17)34-10-13(40-23(34)39)9-18(19(32)21(36)37)41-22(38)25(29,30)31/h1-8,13,18-19H,9-10,32H2,(H,33,35)(H,36,37). The van der Waals surface area contributed by atoms with Crippen molar-refractivity contribution >= 4 is 34.5 Å². The molecule has 10 nitrogen and oxygen atoms in total. The summed E-state index contributed by atoms with van der Waals surface area (Å²) in [5, 5.41) is 9.33. The summed E-state index contributed by atoms with van der Waals surface area (Å²) in [5.41, 5.74) is 3.38. The molecule has 0 bridgehead atoms. The molecular weight excluding hydrogens is 568 g/mol. The number of esters is 1. The van der Waals surface area contributed by atoms with Crippen LogP contribution in [0.4, 0.5) is 36.8 Å². The molecule has 1 aliphatic rings. The fourth-order valence-corrected chi connectivity index (χ4v) is 4.27. The highest BCUT2D eigenvalue weighted by Crippen LogP contribution is 2.37. The van der Waals surface area contributed by atoms with E-state index in [1.807, 2.05) is 0 Å². The SMILES string of the molecule is NC(C(=O)O)C(CC1CN(c2ccc3cc(-c4ccccc4C(F)(F)F)[nH]c(=O)c3c2)C(=O)O1)OC(=O)C(F)(F)F. The van der Waals surface area contributed by atoms with Gasteiger partial charge in [-0.1, -0.05) is 24.3 Å². The molecule has 0 saturated carbocycles. The first-order chi connectivity index (χ1) is 19.1. The lowest BCUT2D eigenvalue weighted by Gasteiger charge is -2.23. The third kappa shape index (κ3) is 6.26. The highest BCUT2D eigenvalue weighted by Gasteiger charge is 2.45. The molecule has 16 heteroatoms. The number of anilines is 1. The number of carbonyl (C=O) groups is 3. The number of halogens is 6. The molecule has 218 valence electrons. The lowest BCUT2D eigenvalue weighted by molar-refractivity contribution is -0.207. The van der Waals surface area contributed by atoms with Gasteiger partial charge in [0.25, 0.3) is 5.56 Å². The molecule has 3 atom stereocenters. The number of pyridine rings is 1. The molecule has 1 saturated heterocycles. The average molecular weight is 587 g/mol. The van der Waals surface area contributed by atoms with Crippen LogP contribution in [0.15, 0.2) is 53.3 Å². The minimum atomic E-state index is -5.43. The van der Waals surface area contributed by atoms with Crippen molar-refractivity contribution in [2.75, 3.05) is 11.4 Å². The van der Waals surface area contributed by atoms with Gasteiger partial charge in [0.2, 0.25) is 0 Å². The fourth-order valence-electron chi connectivity index (χ4n) is 4.27. The van der Waals surface area contributed by atoms with Crippen molar-refractivity contribution in [3.05, 3.63) is 64.4 Å². The van der Waals surface area contributed by atoms with Crippen molar-refractivity contribution in [1.29, 1.82) is 0 Å². The number of rotatable bonds is 7. The Morgan fingerprint density at radius 1 is 1.10 bits per heavy atom. The first-order valence-corrected chi connectivity index (χ1v) is 11.6. The van der Waals surface area contributed by atoms with E-state index in [4.69, 9.17) is 15.6 Å². The Labute approximate surface area is 225 Å². The average Bonchev–Trinajstić information content (AvgIpc) is 3.26. The van der Waals surface area contributed by atoms with Gasteiger partial charge in [0, 0.05) is 28.8 Å². The van der Waals surface area contributed by atoms with Crippen LogP contribution in [-0.2, 0) is 25.2 Å². The molecule has 1 fully saturated rings. The van der Waals surface area contributed by atoms with Gasteiger partial charge >= 0.3 is 30.4 Å². The molecule has 3 unspecified atom stereocenters. The van der Waals surface area contributed by atoms with Crippen LogP contribution < -0.4 is 16.2 Å². The van der Waals surface area contributed by atoms with Crippen LogP contribution in [0.2, 0.25) is 0 Å². The largest absolute Gasteiger partial charge is 0.490 e. The number of benzene rings is 2. The Morgan fingerprint density at radius 2 is 1.78 bits per heavy atom. The number of carbonyl (C=O) groups excluding carboxylic acids is 2. The van der Waals surface area contributed by atoms with Gasteiger partial charge in [-0.3, -0.25) is 14.5 Å². The highest BCUT2D eigenvalue weighted by atomic mass is 19.4. The Balaban J connectivity index is 1.59. The summed E-state index contributed by atoms with van der Waals surface area (Å²) in [6, 6.07) is 7.89. The van der Waals surface area contributed by atoms with E-state index >= 15 is 0 Å². The summed E-state index contributed by atoms with van der Waals surface area (Å²) in [4.78, 5) is 51.2. The molecule has 0 spiro atoms. The van der Waals surface area contributed by atoms with E-state index < -0.39 is 66.2 Å². The van der Waals surface area contributed by atoms with Crippen LogP contribution in [0.5, 0.6) is 0 Å². The summed E-state index contributed by atoms with van der Waals surface area (Å²) in [6.45, 7) is -0.342. The molecule has 2 heterocycles. The first kappa shape index (κ1) is 29.4. The van der Waals surface area contributed by atoms with Gasteiger partial charge in [0.05, 0.1) is 12.1 Å². The number of fused-ring (bicyclic) bond motifs is 1. The monoisotopic (exact) mass is 587 g/mol. The Hall–Kier alpha value is -4.60. The molecule has 3 aromatic rings. The van der Waals surface area contributed by atoms with Crippen LogP contribution in [-0.4, -0.2) is 59.1 Å². The maximum Gasteiger partial charge on any atom is 0.490 e. The smallest absolute Gasteiger partial charge is 0.480 e. The summed E-state index contributed by atoms with van der Waals surface area (Å²) in [7, 11) is 0. The van der Waals surface area contributed by atoms with E-state index in [9.17, 15) is 45.5 Å². The predicted octanol–water partition coefficient (Wildman–Crippen LogP) is 3.82. The molecule has 4 N–H and O–H groups in total. The number of aliphatic carboxylic acids is 1. The van der Waals surface area contributed by atoms with Crippen LogP contribution in [0.25, 0.3) is 22.0 Å². The molecule has 2 aromatic carbocycles. The molecule has 1 amide bonds. The molecule has 0 radical (unpaired) electrons. The number of ether oxygens (including phenoxy) is 2. The van der Waals surface area contributed by atoms with Crippen LogP contribution in [0.1, 0.15) is 12.0 Å². The molecule has 41 heavy (non-hydrogen) atoms. The third-order valence-electron chi connectivity index (χ3n) is 6.21. The number of aromatic nitrogens is 1. The minimum absolute atomic E-state index is 0.00290. The topological polar surface area (TPSA) is 152 Å². The van der Waals surface area contributed by atoms with Crippen molar-refractivity contribution in [3.8, 4) is 11.3 Å². The van der Waals surface area contributed by atoms with E-state index in [-0.39, 0.29) is 34.3 Å². The van der Waals surface area contributed by atoms with Crippen molar-refractivity contribution in [2.45, 2.75) is 37.0 Å². The third-order valence-corrected chi connectivity index (χ3v) is 6.21. The van der Waals surface area contributed by atoms with Gasteiger partial charge in [-0.25, -0.2) is 9.59 Å². The number of hydrogen-bond donors (Lipinski definition) is 3. The van der Waals surface area contributed by atoms with Gasteiger partial charge in [-0.15, -0.1) is 0 Å². The van der Waals surface area contributed by atoms with Crippen molar-refractivity contribution < 1.29 is 55.3 Å². The van der Waals surface area contributed by atoms with Crippen molar-refractivity contribution in [1.82, 2.24) is 4.98 Å². The number of nitrogens with zero attached hydrogens (tertiary/aromatic N) is 1. The number of alkyl halides is 6. The van der Waals surface area contributed by atoms with E-state index in [2.05, 4.69) is 9.72 Å². The number of amides is 1. The molecular formula is C25H19F6N3O7. The first-order valence-electron chi connectivity index (χ1n) is 11.6. The Morgan fingerprint density at radius 3 is 2.41 bits per heavy atom. The van der Waals surface area contributed by atoms with Gasteiger partial charge in [-0.05, 0) is 29.7 Å². The fraction of sp³-hybridized carbons (Fsp3) is 0.280. The van der Waals surface area contributed by atoms with E-state index in [0.717, 1.165) is 11.0 Å². The maximum absolute atomic E-state index is 13.5. The summed E-state index contributed by atoms with van der Waals surface area (Å²) in [5.74, 6) is -4.44. The lowest BCUT2D eigenvalue weighted by Crippen LogP contribution is -2.47. The minimum Gasteiger partial charge on any atom is -0.480 e. The molecule has 1 aromatic heterocycles. The number of cyclic esters (lactones) is 1. The van der Waals surface area contributed by atoms with Gasteiger partial charge in [0.1, 0.15) is 18.2 Å². The zero-order valence-corrected chi connectivity index (χ0v) is 20.5. The Kier molecular flexibility index (Phi) is 7.71. The number of nitrogens with two attached hydrogens (primary N) is 1. The second kappa shape index (κ2) is 10.8. The summed E-state index contributed by atoms with van der Waals surface area (Å²) in [6.07, 6.45) is -15.1. The van der Waals surface area contributed by atoms with Gasteiger partial charge < -0.3 is 25.3 Å². The normalized spacial score (nSPS) is 17.3. The quantitative estimate of drug-likeness (QED) is 0.279. The lowest BCUT2D eigenvalue weighted by atomic mass is 10.0. The number of aromatic amines is 1. The summed E-state index contributed by atoms with van der Waals surface area (Å²) >= 11 is 0. The number of carboxylic acid groups (broad SMARTS) is 1. The highest BCUT2D eigenvalue weighted by molar-refractivity contribution is 5.95. The zero-order valence-electron chi connectivity index (χ0n) is 20.5. The molecule has 4 rings (SSSR count). The zero-order chi connectivity index (χ0) is 30.3. The predicted molar refractivity (Wildman–Crippen MR) is 129 cm³/mol. The summed E-state index contributed by atoms with van der Waals surface area (Å²) < 4.78 is 87.7.